The largest absolute Gasteiger partial charge is 0.307 e. The average Bonchev–Trinajstić information content (AvgIpc) is 2.78. The molecule has 0 amide bonds. The number of Topliss-reactive ketones (excluding diaryl/α,β-unsaturated/α-hetero) is 1. The molecule has 16 heavy (non-hydrogen) atoms. The standard InChI is InChI=1S/C14H25NO/c1-11-5-4-6-12(9-11)14(16)10-15-13-7-2-3-8-13/h11-13,15H,2-10H2,1H3. The van der Waals surface area contributed by atoms with E-state index in [-0.39, 0.29) is 0 Å². The van der Waals surface area contributed by atoms with Crippen molar-refractivity contribution in [2.24, 2.45) is 11.8 Å². The van der Waals surface area contributed by atoms with E-state index in [1.165, 1.54) is 38.5 Å². The van der Waals surface area contributed by atoms with E-state index in [9.17, 15) is 4.79 Å². The topological polar surface area (TPSA) is 29.1 Å². The van der Waals surface area contributed by atoms with Crippen molar-refractivity contribution in [1.29, 1.82) is 0 Å². The molecule has 0 aromatic heterocycles. The van der Waals surface area contributed by atoms with Crippen molar-refractivity contribution in [2.75, 3.05) is 6.54 Å². The van der Waals surface area contributed by atoms with Gasteiger partial charge in [0.25, 0.3) is 0 Å². The van der Waals surface area contributed by atoms with Crippen LogP contribution in [0.5, 0.6) is 0 Å². The molecule has 2 atom stereocenters. The molecule has 2 saturated carbocycles. The van der Waals surface area contributed by atoms with Crippen LogP contribution in [0.15, 0.2) is 0 Å². The third-order valence-corrected chi connectivity index (χ3v) is 4.31. The third-order valence-electron chi connectivity index (χ3n) is 4.31. The first-order valence-corrected chi connectivity index (χ1v) is 7.02. The molecule has 0 bridgehead atoms. The molecule has 1 N–H and O–H groups in total. The van der Waals surface area contributed by atoms with E-state index in [2.05, 4.69) is 12.2 Å². The fourth-order valence-electron chi connectivity index (χ4n) is 3.25. The molecule has 92 valence electrons. The Morgan fingerprint density at radius 1 is 1.12 bits per heavy atom. The van der Waals surface area contributed by atoms with Crippen LogP contribution in [0.2, 0.25) is 0 Å². The monoisotopic (exact) mass is 223 g/mol. The summed E-state index contributed by atoms with van der Waals surface area (Å²) in [7, 11) is 0. The van der Waals surface area contributed by atoms with Crippen LogP contribution in [0.25, 0.3) is 0 Å². The van der Waals surface area contributed by atoms with Gasteiger partial charge < -0.3 is 5.32 Å². The maximum absolute atomic E-state index is 12.0. The minimum absolute atomic E-state index is 0.359. The van der Waals surface area contributed by atoms with Crippen molar-refractivity contribution >= 4 is 5.78 Å². The van der Waals surface area contributed by atoms with Crippen molar-refractivity contribution in [3.63, 3.8) is 0 Å². The molecular weight excluding hydrogens is 198 g/mol. The highest BCUT2D eigenvalue weighted by Gasteiger charge is 2.25. The summed E-state index contributed by atoms with van der Waals surface area (Å²) in [5.74, 6) is 1.59. The summed E-state index contributed by atoms with van der Waals surface area (Å²) in [5, 5.41) is 3.44. The van der Waals surface area contributed by atoms with Gasteiger partial charge in [0.2, 0.25) is 0 Å². The summed E-state index contributed by atoms with van der Waals surface area (Å²) in [6, 6.07) is 0.630. The highest BCUT2D eigenvalue weighted by molar-refractivity contribution is 5.83. The first-order chi connectivity index (χ1) is 7.75. The van der Waals surface area contributed by atoms with E-state index >= 15 is 0 Å². The number of hydrogen-bond donors (Lipinski definition) is 1. The van der Waals surface area contributed by atoms with Gasteiger partial charge in [-0.25, -0.2) is 0 Å². The van der Waals surface area contributed by atoms with Gasteiger partial charge in [0.15, 0.2) is 0 Å². The molecule has 2 nitrogen and oxygen atoms in total. The lowest BCUT2D eigenvalue weighted by Gasteiger charge is -2.26. The smallest absolute Gasteiger partial charge is 0.149 e. The summed E-state index contributed by atoms with van der Waals surface area (Å²) >= 11 is 0. The number of carbonyl (C=O) groups excluding carboxylic acids is 1. The van der Waals surface area contributed by atoms with Crippen LogP contribution in [0.3, 0.4) is 0 Å². The lowest BCUT2D eigenvalue weighted by atomic mass is 9.80. The van der Waals surface area contributed by atoms with Gasteiger partial charge in [-0.2, -0.15) is 0 Å². The van der Waals surface area contributed by atoms with Gasteiger partial charge in [-0.15, -0.1) is 0 Å². The maximum atomic E-state index is 12.0. The zero-order chi connectivity index (χ0) is 11.4. The number of nitrogens with one attached hydrogen (secondary N) is 1. The molecule has 2 fully saturated rings. The van der Waals surface area contributed by atoms with E-state index in [1.807, 2.05) is 0 Å². The van der Waals surface area contributed by atoms with E-state index in [0.29, 0.717) is 24.3 Å². The molecule has 2 unspecified atom stereocenters. The third kappa shape index (κ3) is 3.31. The van der Waals surface area contributed by atoms with Gasteiger partial charge in [-0.05, 0) is 31.6 Å². The summed E-state index contributed by atoms with van der Waals surface area (Å²) in [6.45, 7) is 2.91. The van der Waals surface area contributed by atoms with Crippen LogP contribution < -0.4 is 5.32 Å². The average molecular weight is 223 g/mol. The molecule has 2 rings (SSSR count). The molecule has 0 spiro atoms. The number of hydrogen-bond acceptors (Lipinski definition) is 2. The summed E-state index contributed by atoms with van der Waals surface area (Å²) in [4.78, 5) is 12.0. The Labute approximate surface area is 99.2 Å². The molecule has 0 radical (unpaired) electrons. The normalized spacial score (nSPS) is 31.8. The van der Waals surface area contributed by atoms with Crippen molar-refractivity contribution < 1.29 is 4.79 Å². The quantitative estimate of drug-likeness (QED) is 0.794. The SMILES string of the molecule is CC1CCCC(C(=O)CNC2CCCC2)C1. The van der Waals surface area contributed by atoms with E-state index in [4.69, 9.17) is 0 Å². The molecule has 2 heteroatoms. The Morgan fingerprint density at radius 2 is 1.88 bits per heavy atom. The molecule has 0 saturated heterocycles. The van der Waals surface area contributed by atoms with E-state index in [1.54, 1.807) is 0 Å². The lowest BCUT2D eigenvalue weighted by Crippen LogP contribution is -2.35. The summed E-state index contributed by atoms with van der Waals surface area (Å²) in [5.41, 5.74) is 0. The Balaban J connectivity index is 1.70. The zero-order valence-electron chi connectivity index (χ0n) is 10.5. The number of carbonyl (C=O) groups is 1. The molecule has 0 aromatic carbocycles. The van der Waals surface area contributed by atoms with Crippen LogP contribution in [-0.2, 0) is 4.79 Å². The summed E-state index contributed by atoms with van der Waals surface area (Å²) < 4.78 is 0. The Morgan fingerprint density at radius 3 is 2.56 bits per heavy atom. The Kier molecular flexibility index (Phi) is 4.39. The second kappa shape index (κ2) is 5.81. The van der Waals surface area contributed by atoms with Gasteiger partial charge in [0, 0.05) is 12.0 Å². The van der Waals surface area contributed by atoms with Gasteiger partial charge in [0.1, 0.15) is 5.78 Å². The molecule has 2 aliphatic carbocycles. The first kappa shape index (κ1) is 12.1. The number of rotatable bonds is 4. The van der Waals surface area contributed by atoms with Crippen LogP contribution >= 0.6 is 0 Å². The van der Waals surface area contributed by atoms with Gasteiger partial charge in [-0.3, -0.25) is 4.79 Å². The predicted octanol–water partition coefficient (Wildman–Crippen LogP) is 2.91. The van der Waals surface area contributed by atoms with Gasteiger partial charge >= 0.3 is 0 Å². The summed E-state index contributed by atoms with van der Waals surface area (Å²) in [6.07, 6.45) is 10.1. The fourth-order valence-corrected chi connectivity index (χ4v) is 3.25. The van der Waals surface area contributed by atoms with Crippen molar-refractivity contribution in [1.82, 2.24) is 5.32 Å². The van der Waals surface area contributed by atoms with Crippen LogP contribution in [-0.4, -0.2) is 18.4 Å². The molecule has 2 aliphatic rings. The highest BCUT2D eigenvalue weighted by Crippen LogP contribution is 2.29. The second-order valence-corrected chi connectivity index (χ2v) is 5.80. The van der Waals surface area contributed by atoms with Crippen LogP contribution in [0.1, 0.15) is 58.3 Å². The van der Waals surface area contributed by atoms with Crippen molar-refractivity contribution in [2.45, 2.75) is 64.3 Å². The lowest BCUT2D eigenvalue weighted by molar-refractivity contribution is -0.123. The molecular formula is C14H25NO. The second-order valence-electron chi connectivity index (χ2n) is 5.80. The zero-order valence-corrected chi connectivity index (χ0v) is 10.5. The minimum atomic E-state index is 0.359. The Bertz CT molecular complexity index is 233. The van der Waals surface area contributed by atoms with Gasteiger partial charge in [-0.1, -0.05) is 32.6 Å². The Hall–Kier alpha value is -0.370. The van der Waals surface area contributed by atoms with Crippen molar-refractivity contribution in [3.8, 4) is 0 Å². The van der Waals surface area contributed by atoms with E-state index in [0.717, 1.165) is 18.8 Å². The molecule has 0 aliphatic heterocycles. The molecule has 0 aromatic rings. The van der Waals surface area contributed by atoms with Crippen molar-refractivity contribution in [3.05, 3.63) is 0 Å². The number of ketones is 1. The van der Waals surface area contributed by atoms with E-state index < -0.39 is 0 Å². The molecule has 0 heterocycles. The van der Waals surface area contributed by atoms with Crippen LogP contribution in [0, 0.1) is 11.8 Å². The van der Waals surface area contributed by atoms with Gasteiger partial charge in [0.05, 0.1) is 6.54 Å². The first-order valence-electron chi connectivity index (χ1n) is 7.02. The highest BCUT2D eigenvalue weighted by atomic mass is 16.1. The fraction of sp³-hybridized carbons (Fsp3) is 0.929. The minimum Gasteiger partial charge on any atom is -0.307 e. The van der Waals surface area contributed by atoms with Crippen LogP contribution in [0.4, 0.5) is 0 Å². The predicted molar refractivity (Wildman–Crippen MR) is 66.4 cm³/mol. The maximum Gasteiger partial charge on any atom is 0.149 e.